The molecular formula is C17H20FNO4. The van der Waals surface area contributed by atoms with Crippen molar-refractivity contribution in [1.82, 2.24) is 5.32 Å². The number of rotatable bonds is 8. The maximum atomic E-state index is 13.3. The molecule has 0 fully saturated rings. The second-order valence-corrected chi connectivity index (χ2v) is 5.07. The fraction of sp³-hybridized carbons (Fsp3) is 0.412. The third kappa shape index (κ3) is 6.39. The molecule has 0 bridgehead atoms. The molecule has 5 nitrogen and oxygen atoms in total. The highest BCUT2D eigenvalue weighted by molar-refractivity contribution is 5.78. The van der Waals surface area contributed by atoms with Gasteiger partial charge < -0.3 is 15.2 Å². The maximum Gasteiger partial charge on any atom is 0.310 e. The molecule has 1 rings (SSSR count). The molecule has 0 spiro atoms. The van der Waals surface area contributed by atoms with Crippen LogP contribution >= 0.6 is 0 Å². The van der Waals surface area contributed by atoms with Gasteiger partial charge in [-0.25, -0.2) is 4.39 Å². The van der Waals surface area contributed by atoms with Crippen molar-refractivity contribution in [2.45, 2.75) is 25.7 Å². The standard InChI is InChI=1S/C17H20FNO4/c1-3-4-5-6-16(21)19-11-13(17(22)23-2)9-12-7-8-15(20)14(18)10-12/h1,7-8,10,13,20H,4-6,9,11H2,2H3,(H,19,21). The smallest absolute Gasteiger partial charge is 0.310 e. The van der Waals surface area contributed by atoms with Crippen molar-refractivity contribution in [3.05, 3.63) is 29.6 Å². The van der Waals surface area contributed by atoms with Crippen molar-refractivity contribution in [2.75, 3.05) is 13.7 Å². The molecule has 0 aromatic heterocycles. The second kappa shape index (κ2) is 9.46. The number of amides is 1. The first-order valence-corrected chi connectivity index (χ1v) is 7.23. The van der Waals surface area contributed by atoms with E-state index in [-0.39, 0.29) is 25.3 Å². The maximum absolute atomic E-state index is 13.3. The average Bonchev–Trinajstić information content (AvgIpc) is 2.54. The minimum Gasteiger partial charge on any atom is -0.505 e. The minimum atomic E-state index is -0.760. The van der Waals surface area contributed by atoms with Gasteiger partial charge in [-0.05, 0) is 30.5 Å². The zero-order valence-corrected chi connectivity index (χ0v) is 13.0. The van der Waals surface area contributed by atoms with Crippen LogP contribution in [0.3, 0.4) is 0 Å². The molecule has 0 saturated carbocycles. The molecule has 1 aromatic rings. The summed E-state index contributed by atoms with van der Waals surface area (Å²) in [5.41, 5.74) is 0.525. The van der Waals surface area contributed by atoms with Gasteiger partial charge in [0, 0.05) is 19.4 Å². The molecule has 1 atom stereocenters. The number of unbranched alkanes of at least 4 members (excludes halogenated alkanes) is 1. The summed E-state index contributed by atoms with van der Waals surface area (Å²) in [6, 6.07) is 3.89. The highest BCUT2D eigenvalue weighted by atomic mass is 19.1. The molecule has 0 aliphatic rings. The SMILES string of the molecule is C#CCCCC(=O)NCC(Cc1ccc(O)c(F)c1)C(=O)OC. The monoisotopic (exact) mass is 321 g/mol. The van der Waals surface area contributed by atoms with Gasteiger partial charge in [-0.15, -0.1) is 12.3 Å². The zero-order chi connectivity index (χ0) is 17.2. The number of methoxy groups -OCH3 is 1. The van der Waals surface area contributed by atoms with Crippen molar-refractivity contribution < 1.29 is 23.8 Å². The predicted molar refractivity (Wildman–Crippen MR) is 83.0 cm³/mol. The number of esters is 1. The lowest BCUT2D eigenvalue weighted by Gasteiger charge is -2.16. The second-order valence-electron chi connectivity index (χ2n) is 5.07. The Hall–Kier alpha value is -2.55. The number of aromatic hydroxyl groups is 1. The Morgan fingerprint density at radius 3 is 2.83 bits per heavy atom. The van der Waals surface area contributed by atoms with Crippen LogP contribution < -0.4 is 5.32 Å². The lowest BCUT2D eigenvalue weighted by atomic mass is 9.99. The molecule has 0 aliphatic heterocycles. The third-order valence-electron chi connectivity index (χ3n) is 3.30. The average molecular weight is 321 g/mol. The summed E-state index contributed by atoms with van der Waals surface area (Å²) in [5.74, 6) is -0.104. The number of nitrogens with one attached hydrogen (secondary N) is 1. The van der Waals surface area contributed by atoms with Crippen molar-refractivity contribution in [3.63, 3.8) is 0 Å². The highest BCUT2D eigenvalue weighted by Crippen LogP contribution is 2.19. The van der Waals surface area contributed by atoms with Crippen LogP contribution in [0.15, 0.2) is 18.2 Å². The van der Waals surface area contributed by atoms with Crippen molar-refractivity contribution in [2.24, 2.45) is 5.92 Å². The van der Waals surface area contributed by atoms with E-state index >= 15 is 0 Å². The molecule has 124 valence electrons. The number of halogens is 1. The topological polar surface area (TPSA) is 75.6 Å². The van der Waals surface area contributed by atoms with E-state index in [9.17, 15) is 19.1 Å². The van der Waals surface area contributed by atoms with Crippen LogP contribution in [-0.2, 0) is 20.7 Å². The first-order chi connectivity index (χ1) is 11.0. The van der Waals surface area contributed by atoms with Gasteiger partial charge in [-0.2, -0.15) is 0 Å². The first-order valence-electron chi connectivity index (χ1n) is 7.23. The molecule has 1 aromatic carbocycles. The van der Waals surface area contributed by atoms with Gasteiger partial charge in [0.25, 0.3) is 0 Å². The van der Waals surface area contributed by atoms with Crippen LogP contribution in [0, 0.1) is 24.1 Å². The fourth-order valence-corrected chi connectivity index (χ4v) is 2.04. The number of carbonyl (C=O) groups is 2. The van der Waals surface area contributed by atoms with Gasteiger partial charge >= 0.3 is 5.97 Å². The van der Waals surface area contributed by atoms with E-state index in [2.05, 4.69) is 11.2 Å². The van der Waals surface area contributed by atoms with Gasteiger partial charge in [-0.1, -0.05) is 6.07 Å². The van der Waals surface area contributed by atoms with Crippen molar-refractivity contribution in [3.8, 4) is 18.1 Å². The Labute approximate surface area is 134 Å². The number of phenols is 1. The summed E-state index contributed by atoms with van der Waals surface area (Å²) in [6.07, 6.45) is 6.68. The number of hydrogen-bond donors (Lipinski definition) is 2. The molecule has 0 radical (unpaired) electrons. The molecule has 1 unspecified atom stereocenters. The van der Waals surface area contributed by atoms with E-state index in [1.54, 1.807) is 0 Å². The van der Waals surface area contributed by atoms with E-state index in [1.165, 1.54) is 19.2 Å². The number of benzene rings is 1. The summed E-state index contributed by atoms with van der Waals surface area (Å²) in [7, 11) is 1.25. The Morgan fingerprint density at radius 2 is 2.22 bits per heavy atom. The van der Waals surface area contributed by atoms with E-state index in [0.717, 1.165) is 6.07 Å². The molecular weight excluding hydrogens is 301 g/mol. The molecule has 0 heterocycles. The number of phenolic OH excluding ortho intramolecular Hbond substituents is 1. The van der Waals surface area contributed by atoms with E-state index in [4.69, 9.17) is 11.2 Å². The normalized spacial score (nSPS) is 11.3. The summed E-state index contributed by atoms with van der Waals surface area (Å²) in [5, 5.41) is 11.8. The van der Waals surface area contributed by atoms with Gasteiger partial charge in [0.15, 0.2) is 11.6 Å². The Balaban J connectivity index is 2.62. The van der Waals surface area contributed by atoms with Crippen molar-refractivity contribution in [1.29, 1.82) is 0 Å². The molecule has 23 heavy (non-hydrogen) atoms. The van der Waals surface area contributed by atoms with E-state index in [1.807, 2.05) is 0 Å². The fourth-order valence-electron chi connectivity index (χ4n) is 2.04. The minimum absolute atomic E-state index is 0.0874. The van der Waals surface area contributed by atoms with Crippen LogP contribution in [0.4, 0.5) is 4.39 Å². The van der Waals surface area contributed by atoms with Crippen LogP contribution in [0.2, 0.25) is 0 Å². The molecule has 0 aliphatic carbocycles. The van der Waals surface area contributed by atoms with E-state index < -0.39 is 23.5 Å². The highest BCUT2D eigenvalue weighted by Gasteiger charge is 2.21. The van der Waals surface area contributed by atoms with Gasteiger partial charge in [-0.3, -0.25) is 9.59 Å². The number of ether oxygens (including phenoxy) is 1. The molecule has 2 N–H and O–H groups in total. The lowest BCUT2D eigenvalue weighted by molar-refractivity contribution is -0.145. The van der Waals surface area contributed by atoms with Crippen LogP contribution in [0.5, 0.6) is 5.75 Å². The van der Waals surface area contributed by atoms with Crippen LogP contribution in [0.25, 0.3) is 0 Å². The first kappa shape index (κ1) is 18.5. The Bertz CT molecular complexity index is 595. The number of terminal acetylenes is 1. The summed E-state index contributed by atoms with van der Waals surface area (Å²) in [6.45, 7) is 0.0874. The Kier molecular flexibility index (Phi) is 7.61. The zero-order valence-electron chi connectivity index (χ0n) is 13.0. The number of carbonyl (C=O) groups excluding carboxylic acids is 2. The largest absolute Gasteiger partial charge is 0.505 e. The molecule has 6 heteroatoms. The van der Waals surface area contributed by atoms with Crippen molar-refractivity contribution >= 4 is 11.9 Å². The Morgan fingerprint density at radius 1 is 1.48 bits per heavy atom. The predicted octanol–water partition coefficient (Wildman–Crippen LogP) is 1.78. The number of hydrogen-bond acceptors (Lipinski definition) is 4. The van der Waals surface area contributed by atoms with Gasteiger partial charge in [0.05, 0.1) is 13.0 Å². The molecule has 1 amide bonds. The quantitative estimate of drug-likeness (QED) is 0.435. The van der Waals surface area contributed by atoms with Gasteiger partial charge in [0.1, 0.15) is 0 Å². The lowest BCUT2D eigenvalue weighted by Crippen LogP contribution is -2.34. The summed E-state index contributed by atoms with van der Waals surface area (Å²) in [4.78, 5) is 23.5. The van der Waals surface area contributed by atoms with Gasteiger partial charge in [0.2, 0.25) is 5.91 Å². The molecule has 0 saturated heterocycles. The van der Waals surface area contributed by atoms with E-state index in [0.29, 0.717) is 18.4 Å². The summed E-state index contributed by atoms with van der Waals surface area (Å²) < 4.78 is 18.1. The summed E-state index contributed by atoms with van der Waals surface area (Å²) >= 11 is 0. The third-order valence-corrected chi connectivity index (χ3v) is 3.30. The van der Waals surface area contributed by atoms with Crippen LogP contribution in [-0.4, -0.2) is 30.6 Å². The van der Waals surface area contributed by atoms with Crippen LogP contribution in [0.1, 0.15) is 24.8 Å².